The minimum Gasteiger partial charge on any atom is -0.482 e. The average molecular weight is 293 g/mol. The van der Waals surface area contributed by atoms with Gasteiger partial charge >= 0.3 is 5.97 Å². The van der Waals surface area contributed by atoms with Crippen LogP contribution in [0.15, 0.2) is 24.3 Å². The molecule has 0 aliphatic rings. The van der Waals surface area contributed by atoms with E-state index in [1.165, 1.54) is 0 Å². The molecule has 1 rings (SSSR count). The molecule has 0 aromatic heterocycles. The first-order valence-corrected chi connectivity index (χ1v) is 6.93. The Labute approximate surface area is 125 Å². The number of amides is 1. The number of rotatable bonds is 6. The van der Waals surface area contributed by atoms with Crippen LogP contribution in [0.4, 0.5) is 0 Å². The van der Waals surface area contributed by atoms with Crippen LogP contribution >= 0.6 is 0 Å². The molecule has 5 nitrogen and oxygen atoms in total. The van der Waals surface area contributed by atoms with Gasteiger partial charge in [0.25, 0.3) is 0 Å². The van der Waals surface area contributed by atoms with Crippen LogP contribution in [0, 0.1) is 0 Å². The highest BCUT2D eigenvalue weighted by atomic mass is 16.5. The zero-order chi connectivity index (χ0) is 16.0. The van der Waals surface area contributed by atoms with Gasteiger partial charge in [0.2, 0.25) is 5.91 Å². The maximum Gasteiger partial charge on any atom is 0.341 e. The summed E-state index contributed by atoms with van der Waals surface area (Å²) in [7, 11) is 0. The lowest BCUT2D eigenvalue weighted by Crippen LogP contribution is -2.40. The Balaban J connectivity index is 2.65. The molecule has 1 atom stereocenters. The lowest BCUT2D eigenvalue weighted by molar-refractivity contribution is -0.139. The predicted octanol–water partition coefficient (Wildman–Crippen LogP) is 2.56. The van der Waals surface area contributed by atoms with Crippen molar-refractivity contribution in [3.63, 3.8) is 0 Å². The van der Waals surface area contributed by atoms with Crippen LogP contribution in [0.1, 0.15) is 45.6 Å². The molecule has 2 N–H and O–H groups in total. The van der Waals surface area contributed by atoms with Gasteiger partial charge < -0.3 is 15.2 Å². The van der Waals surface area contributed by atoms with Gasteiger partial charge in [0.1, 0.15) is 5.75 Å². The van der Waals surface area contributed by atoms with Gasteiger partial charge in [-0.25, -0.2) is 4.79 Å². The average Bonchev–Trinajstić information content (AvgIpc) is 2.34. The Morgan fingerprint density at radius 2 is 2.00 bits per heavy atom. The number of carbonyl (C=O) groups is 2. The number of aliphatic carboxylic acids is 1. The normalized spacial score (nSPS) is 12.6. The van der Waals surface area contributed by atoms with Crippen molar-refractivity contribution in [1.82, 2.24) is 5.32 Å². The van der Waals surface area contributed by atoms with Crippen molar-refractivity contribution in [3.8, 4) is 5.75 Å². The molecule has 0 spiro atoms. The Morgan fingerprint density at radius 3 is 2.57 bits per heavy atom. The fourth-order valence-corrected chi connectivity index (χ4v) is 1.92. The third-order valence-electron chi connectivity index (χ3n) is 2.80. The van der Waals surface area contributed by atoms with Crippen LogP contribution in [0.2, 0.25) is 0 Å². The monoisotopic (exact) mass is 293 g/mol. The van der Waals surface area contributed by atoms with Crippen molar-refractivity contribution >= 4 is 11.9 Å². The van der Waals surface area contributed by atoms with Gasteiger partial charge in [-0.15, -0.1) is 0 Å². The molecule has 0 saturated heterocycles. The SMILES string of the molecule is CC(CC(=O)NC(C)(C)C)c1cccc(OCC(=O)O)c1. The first-order valence-electron chi connectivity index (χ1n) is 6.93. The fourth-order valence-electron chi connectivity index (χ4n) is 1.92. The van der Waals surface area contributed by atoms with Crippen molar-refractivity contribution in [1.29, 1.82) is 0 Å². The molecule has 0 fully saturated rings. The number of carbonyl (C=O) groups excluding carboxylic acids is 1. The summed E-state index contributed by atoms with van der Waals surface area (Å²) in [5.41, 5.74) is 0.699. The molecule has 0 aliphatic carbocycles. The maximum absolute atomic E-state index is 11.9. The van der Waals surface area contributed by atoms with E-state index in [4.69, 9.17) is 9.84 Å². The molecule has 0 radical (unpaired) electrons. The lowest BCUT2D eigenvalue weighted by Gasteiger charge is -2.22. The standard InChI is InChI=1S/C16H23NO4/c1-11(8-14(18)17-16(2,3)4)12-6-5-7-13(9-12)21-10-15(19)20/h5-7,9,11H,8,10H2,1-4H3,(H,17,18)(H,19,20). The van der Waals surface area contributed by atoms with E-state index in [-0.39, 0.29) is 24.0 Å². The van der Waals surface area contributed by atoms with E-state index in [0.29, 0.717) is 12.2 Å². The smallest absolute Gasteiger partial charge is 0.341 e. The van der Waals surface area contributed by atoms with Gasteiger partial charge in [-0.2, -0.15) is 0 Å². The van der Waals surface area contributed by atoms with E-state index in [2.05, 4.69) is 5.32 Å². The molecule has 116 valence electrons. The number of nitrogens with one attached hydrogen (secondary N) is 1. The highest BCUT2D eigenvalue weighted by Crippen LogP contribution is 2.23. The summed E-state index contributed by atoms with van der Waals surface area (Å²) in [6.45, 7) is 7.41. The van der Waals surface area contributed by atoms with Crippen LogP contribution in [0.3, 0.4) is 0 Å². The van der Waals surface area contributed by atoms with Gasteiger partial charge in [-0.05, 0) is 44.4 Å². The molecule has 1 aromatic rings. The Kier molecular flexibility index (Phi) is 5.76. The van der Waals surface area contributed by atoms with Crippen molar-refractivity contribution < 1.29 is 19.4 Å². The summed E-state index contributed by atoms with van der Waals surface area (Å²) in [4.78, 5) is 22.4. The predicted molar refractivity (Wildman–Crippen MR) is 80.5 cm³/mol. The van der Waals surface area contributed by atoms with E-state index in [0.717, 1.165) is 5.56 Å². The van der Waals surface area contributed by atoms with E-state index in [9.17, 15) is 9.59 Å². The zero-order valence-electron chi connectivity index (χ0n) is 13.0. The molecule has 1 aromatic carbocycles. The quantitative estimate of drug-likeness (QED) is 0.845. The molecule has 0 heterocycles. The largest absolute Gasteiger partial charge is 0.482 e. The highest BCUT2D eigenvalue weighted by molar-refractivity contribution is 5.77. The topological polar surface area (TPSA) is 75.6 Å². The van der Waals surface area contributed by atoms with Crippen LogP contribution in [0.25, 0.3) is 0 Å². The molecule has 5 heteroatoms. The third-order valence-corrected chi connectivity index (χ3v) is 2.80. The van der Waals surface area contributed by atoms with Crippen molar-refractivity contribution in [2.24, 2.45) is 0 Å². The van der Waals surface area contributed by atoms with Gasteiger partial charge in [0.05, 0.1) is 0 Å². The lowest BCUT2D eigenvalue weighted by atomic mass is 9.96. The van der Waals surface area contributed by atoms with Crippen LogP contribution in [-0.2, 0) is 9.59 Å². The summed E-state index contributed by atoms with van der Waals surface area (Å²) >= 11 is 0. The van der Waals surface area contributed by atoms with Crippen LogP contribution in [-0.4, -0.2) is 29.1 Å². The molecule has 21 heavy (non-hydrogen) atoms. The van der Waals surface area contributed by atoms with E-state index >= 15 is 0 Å². The Morgan fingerprint density at radius 1 is 1.33 bits per heavy atom. The van der Waals surface area contributed by atoms with Gasteiger partial charge in [-0.3, -0.25) is 4.79 Å². The maximum atomic E-state index is 11.9. The molecule has 0 aliphatic heterocycles. The highest BCUT2D eigenvalue weighted by Gasteiger charge is 2.17. The second kappa shape index (κ2) is 7.11. The van der Waals surface area contributed by atoms with E-state index < -0.39 is 5.97 Å². The summed E-state index contributed by atoms with van der Waals surface area (Å²) in [5, 5.41) is 11.5. The minimum atomic E-state index is -1.02. The van der Waals surface area contributed by atoms with E-state index in [1.807, 2.05) is 33.8 Å². The molecule has 1 unspecified atom stereocenters. The van der Waals surface area contributed by atoms with Crippen molar-refractivity contribution in [2.45, 2.75) is 45.6 Å². The molecule has 0 saturated carbocycles. The number of carboxylic acids is 1. The Bertz CT molecular complexity index is 505. The second-order valence-electron chi connectivity index (χ2n) is 6.16. The summed E-state index contributed by atoms with van der Waals surface area (Å²) in [5.74, 6) is -0.497. The number of benzene rings is 1. The number of hydrogen-bond acceptors (Lipinski definition) is 3. The third kappa shape index (κ3) is 6.79. The number of hydrogen-bond donors (Lipinski definition) is 2. The molecular formula is C16H23NO4. The summed E-state index contributed by atoms with van der Waals surface area (Å²) in [6, 6.07) is 7.18. The first-order chi connectivity index (χ1) is 9.67. The van der Waals surface area contributed by atoms with Crippen LogP contribution < -0.4 is 10.1 Å². The first kappa shape index (κ1) is 17.0. The van der Waals surface area contributed by atoms with Crippen molar-refractivity contribution in [2.75, 3.05) is 6.61 Å². The summed E-state index contributed by atoms with van der Waals surface area (Å²) in [6.07, 6.45) is 0.375. The summed E-state index contributed by atoms with van der Waals surface area (Å²) < 4.78 is 5.14. The van der Waals surface area contributed by atoms with Crippen molar-refractivity contribution in [3.05, 3.63) is 29.8 Å². The minimum absolute atomic E-state index is 0.00754. The van der Waals surface area contributed by atoms with Crippen LogP contribution in [0.5, 0.6) is 5.75 Å². The molecular weight excluding hydrogens is 270 g/mol. The van der Waals surface area contributed by atoms with Gasteiger partial charge in [0, 0.05) is 12.0 Å². The van der Waals surface area contributed by atoms with E-state index in [1.54, 1.807) is 18.2 Å². The van der Waals surface area contributed by atoms with Gasteiger partial charge in [0.15, 0.2) is 6.61 Å². The zero-order valence-corrected chi connectivity index (χ0v) is 13.0. The number of carboxylic acid groups (broad SMARTS) is 1. The molecule has 0 bridgehead atoms. The Hall–Kier alpha value is -2.04. The fraction of sp³-hybridized carbons (Fsp3) is 0.500. The van der Waals surface area contributed by atoms with Gasteiger partial charge in [-0.1, -0.05) is 19.1 Å². The number of ether oxygens (including phenoxy) is 1. The second-order valence-corrected chi connectivity index (χ2v) is 6.16. The molecule has 1 amide bonds.